The van der Waals surface area contributed by atoms with Crippen molar-refractivity contribution in [3.63, 3.8) is 0 Å². The van der Waals surface area contributed by atoms with Gasteiger partial charge in [-0.15, -0.1) is 0 Å². The summed E-state index contributed by atoms with van der Waals surface area (Å²) in [7, 11) is 0. The molecule has 3 aromatic rings. The zero-order valence-corrected chi connectivity index (χ0v) is 17.3. The Labute approximate surface area is 174 Å². The summed E-state index contributed by atoms with van der Waals surface area (Å²) in [5.74, 6) is 0.688. The number of benzene rings is 2. The summed E-state index contributed by atoms with van der Waals surface area (Å²) in [5, 5.41) is 2.19. The average Bonchev–Trinajstić information content (AvgIpc) is 2.73. The number of fused-ring (bicyclic) bond motifs is 1. The van der Waals surface area contributed by atoms with Crippen LogP contribution in [0.5, 0.6) is 0 Å². The molecule has 0 saturated heterocycles. The van der Waals surface area contributed by atoms with Crippen molar-refractivity contribution in [2.45, 2.75) is 49.6 Å². The lowest BCUT2D eigenvalue weighted by atomic mass is 9.97. The summed E-state index contributed by atoms with van der Waals surface area (Å²) in [6, 6.07) is 15.4. The van der Waals surface area contributed by atoms with Gasteiger partial charge in [0.25, 0.3) is 5.56 Å². The van der Waals surface area contributed by atoms with E-state index < -0.39 is 0 Å². The van der Waals surface area contributed by atoms with Crippen LogP contribution in [0.15, 0.2) is 70.1 Å². The Kier molecular flexibility index (Phi) is 6.18. The Hall–Kier alpha value is -2.04. The van der Waals surface area contributed by atoms with Crippen LogP contribution < -0.4 is 5.56 Å². The highest BCUT2D eigenvalue weighted by Crippen LogP contribution is 2.27. The lowest BCUT2D eigenvalue weighted by molar-refractivity contribution is 0.569. The highest BCUT2D eigenvalue weighted by Gasteiger charge is 2.13. The molecule has 0 saturated carbocycles. The predicted molar refractivity (Wildman–Crippen MR) is 118 cm³/mol. The van der Waals surface area contributed by atoms with Gasteiger partial charge in [0, 0.05) is 17.3 Å². The number of aromatic nitrogens is 2. The van der Waals surface area contributed by atoms with E-state index in [1.807, 2.05) is 53.1 Å². The number of nitrogens with zero attached hydrogens (tertiary/aromatic N) is 2. The highest BCUT2D eigenvalue weighted by atomic mass is 35.5. The molecule has 0 aliphatic heterocycles. The third-order valence-electron chi connectivity index (χ3n) is 5.18. The summed E-state index contributed by atoms with van der Waals surface area (Å²) in [4.78, 5) is 18.0. The Morgan fingerprint density at radius 1 is 1.07 bits per heavy atom. The van der Waals surface area contributed by atoms with E-state index in [9.17, 15) is 4.79 Å². The molecule has 0 radical (unpaired) electrons. The third-order valence-corrected chi connectivity index (χ3v) is 6.58. The number of thioether (sulfide) groups is 1. The fourth-order valence-corrected chi connectivity index (χ4v) is 4.91. The van der Waals surface area contributed by atoms with Crippen molar-refractivity contribution < 1.29 is 0 Å². The Morgan fingerprint density at radius 2 is 1.89 bits per heavy atom. The molecule has 3 nitrogen and oxygen atoms in total. The third kappa shape index (κ3) is 4.34. The molecule has 1 heterocycles. The van der Waals surface area contributed by atoms with E-state index in [1.165, 1.54) is 18.4 Å². The Morgan fingerprint density at radius 3 is 2.71 bits per heavy atom. The monoisotopic (exact) mass is 410 g/mol. The normalized spacial score (nSPS) is 14.2. The molecule has 1 aliphatic rings. The van der Waals surface area contributed by atoms with Gasteiger partial charge < -0.3 is 0 Å². The van der Waals surface area contributed by atoms with Gasteiger partial charge in [-0.2, -0.15) is 0 Å². The second-order valence-corrected chi connectivity index (χ2v) is 8.46. The zero-order valence-electron chi connectivity index (χ0n) is 15.7. The number of hydrogen-bond acceptors (Lipinski definition) is 3. The van der Waals surface area contributed by atoms with Crippen molar-refractivity contribution in [2.24, 2.45) is 0 Å². The molecular formula is C23H23ClN2OS. The lowest BCUT2D eigenvalue weighted by Gasteiger charge is -2.16. The standard InChI is InChI=1S/C23H23ClN2OS/c24-20-12-6-4-10-18(20)16-28-23-25-21-13-7-5-11-19(21)22(27)26(23)15-14-17-8-2-1-3-9-17/h4-8,10-13H,1-3,9,14-16H2. The largest absolute Gasteiger partial charge is 0.287 e. The molecule has 0 unspecified atom stereocenters. The van der Waals surface area contributed by atoms with E-state index in [2.05, 4.69) is 6.08 Å². The van der Waals surface area contributed by atoms with Gasteiger partial charge >= 0.3 is 0 Å². The molecular weight excluding hydrogens is 388 g/mol. The zero-order chi connectivity index (χ0) is 19.3. The van der Waals surface area contributed by atoms with Gasteiger partial charge in [-0.3, -0.25) is 9.36 Å². The Bertz CT molecular complexity index is 1070. The van der Waals surface area contributed by atoms with Gasteiger partial charge in [0.05, 0.1) is 10.9 Å². The SMILES string of the molecule is O=c1c2ccccc2nc(SCc2ccccc2Cl)n1CCC1=CCCCC1. The van der Waals surface area contributed by atoms with E-state index >= 15 is 0 Å². The lowest BCUT2D eigenvalue weighted by Crippen LogP contribution is -2.24. The van der Waals surface area contributed by atoms with E-state index in [1.54, 1.807) is 11.8 Å². The first-order valence-corrected chi connectivity index (χ1v) is 11.1. The maximum Gasteiger partial charge on any atom is 0.262 e. The quantitative estimate of drug-likeness (QED) is 0.274. The highest BCUT2D eigenvalue weighted by molar-refractivity contribution is 7.98. The molecule has 4 rings (SSSR count). The van der Waals surface area contributed by atoms with Crippen LogP contribution in [0, 0.1) is 0 Å². The van der Waals surface area contributed by atoms with Gasteiger partial charge in [-0.25, -0.2) is 4.98 Å². The first-order chi connectivity index (χ1) is 13.7. The van der Waals surface area contributed by atoms with Crippen LogP contribution in [0.3, 0.4) is 0 Å². The molecule has 1 aliphatic carbocycles. The van der Waals surface area contributed by atoms with Crippen molar-refractivity contribution in [3.8, 4) is 0 Å². The number of rotatable bonds is 6. The molecule has 28 heavy (non-hydrogen) atoms. The number of allylic oxidation sites excluding steroid dienone is 2. The van der Waals surface area contributed by atoms with Gasteiger partial charge in [0.15, 0.2) is 5.16 Å². The summed E-state index contributed by atoms with van der Waals surface area (Å²) >= 11 is 7.89. The molecule has 2 aromatic carbocycles. The predicted octanol–water partition coefficient (Wildman–Crippen LogP) is 6.23. The van der Waals surface area contributed by atoms with Gasteiger partial charge in [-0.05, 0) is 55.9 Å². The smallest absolute Gasteiger partial charge is 0.262 e. The molecule has 0 amide bonds. The maximum absolute atomic E-state index is 13.2. The second-order valence-electron chi connectivity index (χ2n) is 7.11. The van der Waals surface area contributed by atoms with Crippen LogP contribution >= 0.6 is 23.4 Å². The summed E-state index contributed by atoms with van der Waals surface area (Å²) < 4.78 is 1.85. The van der Waals surface area contributed by atoms with Crippen LogP contribution in [0.25, 0.3) is 10.9 Å². The van der Waals surface area contributed by atoms with Crippen LogP contribution in [0.1, 0.15) is 37.7 Å². The van der Waals surface area contributed by atoms with Crippen molar-refractivity contribution in [1.82, 2.24) is 9.55 Å². The Balaban J connectivity index is 1.65. The van der Waals surface area contributed by atoms with Crippen LogP contribution in [0.4, 0.5) is 0 Å². The minimum absolute atomic E-state index is 0.0451. The van der Waals surface area contributed by atoms with E-state index in [0.717, 1.165) is 40.5 Å². The molecule has 0 atom stereocenters. The fraction of sp³-hybridized carbons (Fsp3) is 0.304. The van der Waals surface area contributed by atoms with Crippen LogP contribution in [-0.2, 0) is 12.3 Å². The molecule has 0 bridgehead atoms. The topological polar surface area (TPSA) is 34.9 Å². The van der Waals surface area contributed by atoms with Gasteiger partial charge in [0.2, 0.25) is 0 Å². The average molecular weight is 411 g/mol. The molecule has 1 aromatic heterocycles. The molecule has 144 valence electrons. The summed E-state index contributed by atoms with van der Waals surface area (Å²) in [5.41, 5.74) is 3.32. The van der Waals surface area contributed by atoms with E-state index in [0.29, 0.717) is 17.7 Å². The van der Waals surface area contributed by atoms with Gasteiger partial charge in [0.1, 0.15) is 0 Å². The second kappa shape index (κ2) is 8.97. The van der Waals surface area contributed by atoms with Crippen molar-refractivity contribution in [2.75, 3.05) is 0 Å². The fourth-order valence-electron chi connectivity index (χ4n) is 3.60. The van der Waals surface area contributed by atoms with Gasteiger partial charge in [-0.1, -0.05) is 65.3 Å². The maximum atomic E-state index is 13.2. The van der Waals surface area contributed by atoms with Crippen LogP contribution in [0.2, 0.25) is 5.02 Å². The van der Waals surface area contributed by atoms with Crippen LogP contribution in [-0.4, -0.2) is 9.55 Å². The summed E-state index contributed by atoms with van der Waals surface area (Å²) in [6.45, 7) is 0.674. The molecule has 0 N–H and O–H groups in total. The minimum Gasteiger partial charge on any atom is -0.287 e. The van der Waals surface area contributed by atoms with Crippen molar-refractivity contribution in [3.05, 3.63) is 81.1 Å². The molecule has 5 heteroatoms. The van der Waals surface area contributed by atoms with Crippen molar-refractivity contribution >= 4 is 34.3 Å². The number of para-hydroxylation sites is 1. The van der Waals surface area contributed by atoms with Crippen molar-refractivity contribution in [1.29, 1.82) is 0 Å². The minimum atomic E-state index is 0.0451. The molecule has 0 spiro atoms. The molecule has 0 fully saturated rings. The van der Waals surface area contributed by atoms with E-state index in [-0.39, 0.29) is 5.56 Å². The van der Waals surface area contributed by atoms with E-state index in [4.69, 9.17) is 16.6 Å². The first-order valence-electron chi connectivity index (χ1n) is 9.76. The number of hydrogen-bond donors (Lipinski definition) is 0. The summed E-state index contributed by atoms with van der Waals surface area (Å²) in [6.07, 6.45) is 8.11. The first kappa shape index (κ1) is 19.3. The number of halogens is 1.